The predicted molar refractivity (Wildman–Crippen MR) is 58.9 cm³/mol. The molecule has 0 saturated carbocycles. The summed E-state index contributed by atoms with van der Waals surface area (Å²) in [5, 5.41) is 20.5. The van der Waals surface area contributed by atoms with E-state index >= 15 is 0 Å². The largest absolute Gasteiger partial charge is 0.452 e. The third-order valence-electron chi connectivity index (χ3n) is 1.70. The van der Waals surface area contributed by atoms with E-state index in [1.807, 2.05) is 6.07 Å². The Labute approximate surface area is 98.6 Å². The number of hydrogen-bond acceptors (Lipinski definition) is 4. The number of nitrogens with one attached hydrogen (secondary N) is 1. The highest BCUT2D eigenvalue weighted by Crippen LogP contribution is 2.26. The molecule has 1 rings (SSSR count). The lowest BCUT2D eigenvalue weighted by atomic mass is 10.3. The third-order valence-corrected chi connectivity index (χ3v) is 3.41. The van der Waals surface area contributed by atoms with E-state index in [0.29, 0.717) is 11.2 Å². The van der Waals surface area contributed by atoms with Gasteiger partial charge in [-0.25, -0.2) is 0 Å². The second-order valence-electron chi connectivity index (χ2n) is 2.78. The van der Waals surface area contributed by atoms with Crippen molar-refractivity contribution in [1.82, 2.24) is 5.32 Å². The van der Waals surface area contributed by atoms with Crippen LogP contribution in [0.3, 0.4) is 0 Å². The van der Waals surface area contributed by atoms with Gasteiger partial charge >= 0.3 is 0 Å². The van der Waals surface area contributed by atoms with Gasteiger partial charge in [-0.15, -0.1) is 0 Å². The van der Waals surface area contributed by atoms with E-state index in [4.69, 9.17) is 14.6 Å². The molecule has 1 aromatic rings. The van der Waals surface area contributed by atoms with E-state index in [1.165, 1.54) is 0 Å². The van der Waals surface area contributed by atoms with Crippen LogP contribution in [-0.4, -0.2) is 29.5 Å². The second kappa shape index (κ2) is 5.87. The van der Waals surface area contributed by atoms with Gasteiger partial charge in [-0.2, -0.15) is 0 Å². The molecule has 0 fully saturated rings. The SMILES string of the molecule is OCC(CO)NCc1cc(Br)c(Br)o1. The molecule has 0 aliphatic carbocycles. The van der Waals surface area contributed by atoms with Crippen LogP contribution in [0.25, 0.3) is 0 Å². The van der Waals surface area contributed by atoms with Crippen molar-refractivity contribution in [3.8, 4) is 0 Å². The fourth-order valence-corrected chi connectivity index (χ4v) is 1.57. The smallest absolute Gasteiger partial charge is 0.183 e. The zero-order valence-corrected chi connectivity index (χ0v) is 10.5. The van der Waals surface area contributed by atoms with Gasteiger partial charge < -0.3 is 19.9 Å². The van der Waals surface area contributed by atoms with Crippen molar-refractivity contribution in [1.29, 1.82) is 0 Å². The zero-order valence-electron chi connectivity index (χ0n) is 7.33. The molecule has 0 spiro atoms. The van der Waals surface area contributed by atoms with E-state index in [0.717, 1.165) is 10.2 Å². The lowest BCUT2D eigenvalue weighted by Gasteiger charge is -2.11. The number of hydrogen-bond donors (Lipinski definition) is 3. The molecule has 0 atom stereocenters. The normalized spacial score (nSPS) is 11.2. The van der Waals surface area contributed by atoms with Gasteiger partial charge in [-0.1, -0.05) is 0 Å². The van der Waals surface area contributed by atoms with Crippen molar-refractivity contribution in [3.05, 3.63) is 21.0 Å². The van der Waals surface area contributed by atoms with Crippen LogP contribution in [0.15, 0.2) is 19.6 Å². The fraction of sp³-hybridized carbons (Fsp3) is 0.500. The molecule has 0 aliphatic rings. The van der Waals surface area contributed by atoms with Crippen LogP contribution >= 0.6 is 31.9 Å². The summed E-state index contributed by atoms with van der Waals surface area (Å²) in [6.45, 7) is 0.273. The summed E-state index contributed by atoms with van der Waals surface area (Å²) in [7, 11) is 0. The highest BCUT2D eigenvalue weighted by Gasteiger charge is 2.08. The number of aliphatic hydroxyl groups is 2. The van der Waals surface area contributed by atoms with Gasteiger partial charge in [0, 0.05) is 0 Å². The molecule has 0 radical (unpaired) electrons. The Hall–Kier alpha value is 0.120. The highest BCUT2D eigenvalue weighted by atomic mass is 79.9. The molecule has 6 heteroatoms. The third kappa shape index (κ3) is 3.36. The Morgan fingerprint density at radius 1 is 1.36 bits per heavy atom. The topological polar surface area (TPSA) is 65.6 Å². The van der Waals surface area contributed by atoms with Gasteiger partial charge in [0.05, 0.1) is 30.3 Å². The first-order valence-electron chi connectivity index (χ1n) is 4.06. The predicted octanol–water partition coefficient (Wildman–Crippen LogP) is 1.25. The summed E-state index contributed by atoms with van der Waals surface area (Å²) in [5.74, 6) is 0.732. The number of furan rings is 1. The van der Waals surface area contributed by atoms with Crippen LogP contribution in [0.5, 0.6) is 0 Å². The molecule has 1 heterocycles. The van der Waals surface area contributed by atoms with Crippen LogP contribution in [0, 0.1) is 0 Å². The summed E-state index contributed by atoms with van der Waals surface area (Å²) < 4.78 is 6.78. The average molecular weight is 329 g/mol. The maximum atomic E-state index is 8.79. The minimum absolute atomic E-state index is 0.0977. The van der Waals surface area contributed by atoms with Crippen molar-refractivity contribution in [3.63, 3.8) is 0 Å². The van der Waals surface area contributed by atoms with E-state index in [-0.39, 0.29) is 19.3 Å². The quantitative estimate of drug-likeness (QED) is 0.761. The van der Waals surface area contributed by atoms with Crippen molar-refractivity contribution in [2.45, 2.75) is 12.6 Å². The van der Waals surface area contributed by atoms with E-state index < -0.39 is 0 Å². The van der Waals surface area contributed by atoms with E-state index in [2.05, 4.69) is 37.2 Å². The van der Waals surface area contributed by atoms with Crippen molar-refractivity contribution >= 4 is 31.9 Å². The summed E-state index contributed by atoms with van der Waals surface area (Å²) in [6.07, 6.45) is 0. The molecule has 80 valence electrons. The van der Waals surface area contributed by atoms with Crippen LogP contribution in [-0.2, 0) is 6.54 Å². The summed E-state index contributed by atoms with van der Waals surface area (Å²) in [6, 6.07) is 1.51. The lowest BCUT2D eigenvalue weighted by molar-refractivity contribution is 0.168. The standard InChI is InChI=1S/C8H11Br2NO3/c9-7-1-6(14-8(7)10)2-11-5(3-12)4-13/h1,5,11-13H,2-4H2. The Bertz CT molecular complexity index is 267. The van der Waals surface area contributed by atoms with Crippen LogP contribution in [0.4, 0.5) is 0 Å². The molecular weight excluding hydrogens is 318 g/mol. The van der Waals surface area contributed by atoms with Crippen molar-refractivity contribution in [2.75, 3.05) is 13.2 Å². The number of aliphatic hydroxyl groups excluding tert-OH is 2. The Morgan fingerprint density at radius 3 is 2.43 bits per heavy atom. The van der Waals surface area contributed by atoms with Gasteiger partial charge in [0.15, 0.2) is 4.67 Å². The van der Waals surface area contributed by atoms with Gasteiger partial charge in [0.25, 0.3) is 0 Å². The van der Waals surface area contributed by atoms with Crippen LogP contribution in [0.1, 0.15) is 5.76 Å². The average Bonchev–Trinajstić information content (AvgIpc) is 2.48. The van der Waals surface area contributed by atoms with Gasteiger partial charge in [-0.05, 0) is 37.9 Å². The summed E-state index contributed by atoms with van der Waals surface area (Å²) >= 11 is 6.51. The molecule has 14 heavy (non-hydrogen) atoms. The molecule has 1 aromatic heterocycles. The van der Waals surface area contributed by atoms with Gasteiger partial charge in [0.1, 0.15) is 5.76 Å². The minimum Gasteiger partial charge on any atom is -0.452 e. The summed E-state index contributed by atoms with van der Waals surface area (Å²) in [4.78, 5) is 0. The molecule has 0 saturated heterocycles. The Kier molecular flexibility index (Phi) is 5.11. The molecule has 0 bridgehead atoms. The maximum Gasteiger partial charge on any atom is 0.183 e. The molecule has 4 nitrogen and oxygen atoms in total. The lowest BCUT2D eigenvalue weighted by Crippen LogP contribution is -2.35. The second-order valence-corrected chi connectivity index (χ2v) is 4.35. The fourth-order valence-electron chi connectivity index (χ4n) is 0.910. The highest BCUT2D eigenvalue weighted by molar-refractivity contribution is 9.13. The van der Waals surface area contributed by atoms with Crippen molar-refractivity contribution < 1.29 is 14.6 Å². The first-order valence-corrected chi connectivity index (χ1v) is 5.64. The van der Waals surface area contributed by atoms with Crippen LogP contribution in [0.2, 0.25) is 0 Å². The number of rotatable bonds is 5. The van der Waals surface area contributed by atoms with Gasteiger partial charge in [0.2, 0.25) is 0 Å². The maximum absolute atomic E-state index is 8.79. The molecule has 0 aliphatic heterocycles. The van der Waals surface area contributed by atoms with Crippen molar-refractivity contribution in [2.24, 2.45) is 0 Å². The molecule has 0 unspecified atom stereocenters. The van der Waals surface area contributed by atoms with Crippen LogP contribution < -0.4 is 5.32 Å². The monoisotopic (exact) mass is 327 g/mol. The zero-order chi connectivity index (χ0) is 10.6. The molecule has 0 aromatic carbocycles. The first-order chi connectivity index (χ1) is 6.67. The molecule has 0 amide bonds. The minimum atomic E-state index is -0.308. The first kappa shape index (κ1) is 12.2. The Balaban J connectivity index is 2.45. The molecular formula is C8H11Br2NO3. The Morgan fingerprint density at radius 2 is 2.00 bits per heavy atom. The van der Waals surface area contributed by atoms with E-state index in [1.54, 1.807) is 0 Å². The van der Waals surface area contributed by atoms with E-state index in [9.17, 15) is 0 Å². The van der Waals surface area contributed by atoms with Gasteiger partial charge in [-0.3, -0.25) is 0 Å². The summed E-state index contributed by atoms with van der Waals surface area (Å²) in [5.41, 5.74) is 0. The molecule has 3 N–H and O–H groups in total. The number of halogens is 2.